The Balaban J connectivity index is 2.37. The molecule has 1 aromatic carbocycles. The maximum Gasteiger partial charge on any atom is 0.248 e. The van der Waals surface area contributed by atoms with Crippen LogP contribution >= 0.6 is 0 Å². The molecule has 80 valence electrons. The number of alkyl halides is 2. The van der Waals surface area contributed by atoms with E-state index in [-0.39, 0.29) is 5.78 Å². The van der Waals surface area contributed by atoms with Gasteiger partial charge >= 0.3 is 0 Å². The van der Waals surface area contributed by atoms with Crippen LogP contribution in [0.2, 0.25) is 0 Å². The first kappa shape index (κ1) is 10.3. The molecular formula is C12H12F2O. The van der Waals surface area contributed by atoms with Gasteiger partial charge in [-0.1, -0.05) is 18.2 Å². The van der Waals surface area contributed by atoms with Crippen molar-refractivity contribution in [2.24, 2.45) is 0 Å². The molecule has 1 saturated carbocycles. The summed E-state index contributed by atoms with van der Waals surface area (Å²) in [4.78, 5) is 11.1. The standard InChI is InChI=1S/C12H12F2O/c1-8(15)9-3-2-4-10(7-9)12(5-6-12)11(13)14/h2-4,7,11H,5-6H2,1H3. The number of Topliss-reactive ketones (excluding diaryl/α,β-unsaturated/α-hetero) is 1. The largest absolute Gasteiger partial charge is 0.295 e. The lowest BCUT2D eigenvalue weighted by Gasteiger charge is -2.14. The molecule has 0 saturated heterocycles. The lowest BCUT2D eigenvalue weighted by atomic mass is 9.94. The quantitative estimate of drug-likeness (QED) is 0.700. The summed E-state index contributed by atoms with van der Waals surface area (Å²) < 4.78 is 25.6. The van der Waals surface area contributed by atoms with Crippen LogP contribution < -0.4 is 0 Å². The zero-order chi connectivity index (χ0) is 11.1. The van der Waals surface area contributed by atoms with Gasteiger partial charge in [-0.2, -0.15) is 0 Å². The maximum atomic E-state index is 12.8. The molecule has 0 heterocycles. The van der Waals surface area contributed by atoms with E-state index in [0.717, 1.165) is 0 Å². The second-order valence-corrected chi connectivity index (χ2v) is 4.09. The average Bonchev–Trinajstić information content (AvgIpc) is 2.98. The zero-order valence-electron chi connectivity index (χ0n) is 8.47. The normalized spacial score (nSPS) is 17.9. The van der Waals surface area contributed by atoms with Crippen molar-refractivity contribution in [2.75, 3.05) is 0 Å². The van der Waals surface area contributed by atoms with Crippen LogP contribution in [0.4, 0.5) is 8.78 Å². The minimum absolute atomic E-state index is 0.0816. The van der Waals surface area contributed by atoms with E-state index < -0.39 is 11.8 Å². The Morgan fingerprint density at radius 2 is 2.07 bits per heavy atom. The SMILES string of the molecule is CC(=O)c1cccc(C2(C(F)F)CC2)c1. The van der Waals surface area contributed by atoms with E-state index in [4.69, 9.17) is 0 Å². The number of benzene rings is 1. The highest BCUT2D eigenvalue weighted by Gasteiger charge is 2.52. The van der Waals surface area contributed by atoms with Gasteiger partial charge in [-0.05, 0) is 31.4 Å². The molecule has 0 radical (unpaired) electrons. The maximum absolute atomic E-state index is 12.8. The Kier molecular flexibility index (Phi) is 2.33. The summed E-state index contributed by atoms with van der Waals surface area (Å²) in [7, 11) is 0. The van der Waals surface area contributed by atoms with Gasteiger partial charge in [-0.3, -0.25) is 4.79 Å². The molecule has 0 amide bonds. The van der Waals surface area contributed by atoms with Crippen molar-refractivity contribution in [1.82, 2.24) is 0 Å². The average molecular weight is 210 g/mol. The van der Waals surface area contributed by atoms with Gasteiger partial charge in [-0.25, -0.2) is 8.78 Å². The van der Waals surface area contributed by atoms with Crippen LogP contribution in [0.3, 0.4) is 0 Å². The van der Waals surface area contributed by atoms with Gasteiger partial charge in [0, 0.05) is 5.56 Å². The van der Waals surface area contributed by atoms with Gasteiger partial charge in [0.1, 0.15) is 0 Å². The summed E-state index contributed by atoms with van der Waals surface area (Å²) in [6.07, 6.45) is -1.29. The Morgan fingerprint density at radius 1 is 1.40 bits per heavy atom. The van der Waals surface area contributed by atoms with Crippen LogP contribution in [0.1, 0.15) is 35.7 Å². The first-order valence-corrected chi connectivity index (χ1v) is 4.96. The van der Waals surface area contributed by atoms with Crippen molar-refractivity contribution >= 4 is 5.78 Å². The van der Waals surface area contributed by atoms with Crippen molar-refractivity contribution in [3.05, 3.63) is 35.4 Å². The van der Waals surface area contributed by atoms with E-state index in [1.165, 1.54) is 6.92 Å². The molecule has 0 unspecified atom stereocenters. The summed E-state index contributed by atoms with van der Waals surface area (Å²) in [6, 6.07) is 6.62. The molecule has 0 atom stereocenters. The molecule has 1 aromatic rings. The van der Waals surface area contributed by atoms with Crippen molar-refractivity contribution < 1.29 is 13.6 Å². The number of carbonyl (C=O) groups is 1. The topological polar surface area (TPSA) is 17.1 Å². The molecule has 2 rings (SSSR count). The molecule has 1 aliphatic carbocycles. The van der Waals surface area contributed by atoms with Gasteiger partial charge in [0.15, 0.2) is 5.78 Å². The van der Waals surface area contributed by atoms with Crippen molar-refractivity contribution in [3.63, 3.8) is 0 Å². The lowest BCUT2D eigenvalue weighted by Crippen LogP contribution is -2.17. The summed E-state index contributed by atoms with van der Waals surface area (Å²) in [5, 5.41) is 0. The van der Waals surface area contributed by atoms with Crippen LogP contribution in [-0.2, 0) is 5.41 Å². The summed E-state index contributed by atoms with van der Waals surface area (Å²) in [5.41, 5.74) is 0.149. The molecule has 15 heavy (non-hydrogen) atoms. The number of hydrogen-bond donors (Lipinski definition) is 0. The zero-order valence-corrected chi connectivity index (χ0v) is 8.47. The van der Waals surface area contributed by atoms with Gasteiger partial charge < -0.3 is 0 Å². The minimum atomic E-state index is -2.33. The Labute approximate surface area is 87.1 Å². The van der Waals surface area contributed by atoms with E-state index in [2.05, 4.69) is 0 Å². The van der Waals surface area contributed by atoms with E-state index >= 15 is 0 Å². The van der Waals surface area contributed by atoms with Crippen LogP contribution in [0.5, 0.6) is 0 Å². The molecule has 1 aliphatic rings. The number of ketones is 1. The smallest absolute Gasteiger partial charge is 0.248 e. The predicted molar refractivity (Wildman–Crippen MR) is 53.4 cm³/mol. The molecular weight excluding hydrogens is 198 g/mol. The van der Waals surface area contributed by atoms with Crippen molar-refractivity contribution in [1.29, 1.82) is 0 Å². The first-order valence-electron chi connectivity index (χ1n) is 4.96. The van der Waals surface area contributed by atoms with E-state index in [1.54, 1.807) is 24.3 Å². The Hall–Kier alpha value is -1.25. The van der Waals surface area contributed by atoms with Crippen molar-refractivity contribution in [2.45, 2.75) is 31.6 Å². The molecule has 0 N–H and O–H groups in total. The third kappa shape index (κ3) is 1.66. The summed E-state index contributed by atoms with van der Waals surface area (Å²) in [6.45, 7) is 1.45. The van der Waals surface area contributed by atoms with Gasteiger partial charge in [0.25, 0.3) is 0 Å². The highest BCUT2D eigenvalue weighted by molar-refractivity contribution is 5.94. The number of hydrogen-bond acceptors (Lipinski definition) is 1. The summed E-state index contributed by atoms with van der Waals surface area (Å²) >= 11 is 0. The second kappa shape index (κ2) is 3.40. The van der Waals surface area contributed by atoms with Crippen LogP contribution in [0, 0.1) is 0 Å². The first-order chi connectivity index (χ1) is 7.06. The molecule has 1 fully saturated rings. The molecule has 0 aliphatic heterocycles. The van der Waals surface area contributed by atoms with Crippen LogP contribution in [-0.4, -0.2) is 12.2 Å². The monoisotopic (exact) mass is 210 g/mol. The van der Waals surface area contributed by atoms with Gasteiger partial charge in [0.2, 0.25) is 6.43 Å². The molecule has 1 nitrogen and oxygen atoms in total. The third-order valence-corrected chi connectivity index (χ3v) is 3.05. The molecule has 0 aromatic heterocycles. The van der Waals surface area contributed by atoms with Gasteiger partial charge in [-0.15, -0.1) is 0 Å². The Bertz CT molecular complexity index is 394. The van der Waals surface area contributed by atoms with Crippen molar-refractivity contribution in [3.8, 4) is 0 Å². The molecule has 0 spiro atoms. The number of halogens is 2. The van der Waals surface area contributed by atoms with E-state index in [1.807, 2.05) is 0 Å². The highest BCUT2D eigenvalue weighted by atomic mass is 19.3. The van der Waals surface area contributed by atoms with Crippen LogP contribution in [0.15, 0.2) is 24.3 Å². The van der Waals surface area contributed by atoms with E-state index in [9.17, 15) is 13.6 Å². The summed E-state index contributed by atoms with van der Waals surface area (Å²) in [5.74, 6) is -0.0816. The highest BCUT2D eigenvalue weighted by Crippen LogP contribution is 2.52. The number of carbonyl (C=O) groups excluding carboxylic acids is 1. The number of rotatable bonds is 3. The molecule has 3 heteroatoms. The fourth-order valence-electron chi connectivity index (χ4n) is 1.82. The second-order valence-electron chi connectivity index (χ2n) is 4.09. The van der Waals surface area contributed by atoms with Gasteiger partial charge in [0.05, 0.1) is 5.41 Å². The molecule has 0 bridgehead atoms. The fraction of sp³-hybridized carbons (Fsp3) is 0.417. The van der Waals surface area contributed by atoms with E-state index in [0.29, 0.717) is 24.0 Å². The van der Waals surface area contributed by atoms with Crippen LogP contribution in [0.25, 0.3) is 0 Å². The minimum Gasteiger partial charge on any atom is -0.295 e. The Morgan fingerprint density at radius 3 is 2.53 bits per heavy atom. The third-order valence-electron chi connectivity index (χ3n) is 3.05. The fourth-order valence-corrected chi connectivity index (χ4v) is 1.82. The lowest BCUT2D eigenvalue weighted by molar-refractivity contribution is 0.0995. The predicted octanol–water partition coefficient (Wildman–Crippen LogP) is 3.19.